The first-order valence-electron chi connectivity index (χ1n) is 6.41. The molecule has 1 saturated heterocycles. The molecule has 1 unspecified atom stereocenters. The first-order valence-corrected chi connectivity index (χ1v) is 6.41. The van der Waals surface area contributed by atoms with Gasteiger partial charge in [0, 0.05) is 18.3 Å². The summed E-state index contributed by atoms with van der Waals surface area (Å²) in [6, 6.07) is 5.98. The van der Waals surface area contributed by atoms with Gasteiger partial charge in [-0.2, -0.15) is 0 Å². The summed E-state index contributed by atoms with van der Waals surface area (Å²) in [7, 11) is 1.40. The van der Waals surface area contributed by atoms with E-state index in [0.29, 0.717) is 17.3 Å². The molecule has 1 aromatic rings. The zero-order valence-electron chi connectivity index (χ0n) is 11.0. The van der Waals surface area contributed by atoms with Crippen LogP contribution in [-0.2, 0) is 4.74 Å². The van der Waals surface area contributed by atoms with Crippen LogP contribution < -0.4 is 10.6 Å². The summed E-state index contributed by atoms with van der Waals surface area (Å²) >= 11 is 0. The molecule has 1 fully saturated rings. The molecule has 0 spiro atoms. The van der Waals surface area contributed by atoms with Crippen LogP contribution in [0.5, 0.6) is 0 Å². The maximum absolute atomic E-state index is 11.8. The molecule has 0 bridgehead atoms. The normalized spacial score (nSPS) is 19.0. The molecule has 2 rings (SSSR count). The van der Waals surface area contributed by atoms with Crippen molar-refractivity contribution in [3.63, 3.8) is 0 Å². The number of methoxy groups -OCH3 is 1. The number of anilines is 2. The molecule has 2 N–H and O–H groups in total. The number of nitrogens with two attached hydrogens (primary N) is 1. The maximum atomic E-state index is 11.8. The Balaban J connectivity index is 2.40. The molecular formula is C14H20N2O2. The molecule has 0 radical (unpaired) electrons. The Morgan fingerprint density at radius 1 is 1.56 bits per heavy atom. The molecule has 98 valence electrons. The third kappa shape index (κ3) is 2.28. The van der Waals surface area contributed by atoms with Crippen LogP contribution in [0.3, 0.4) is 0 Å². The third-order valence-electron chi connectivity index (χ3n) is 3.58. The van der Waals surface area contributed by atoms with E-state index in [4.69, 9.17) is 10.5 Å². The third-order valence-corrected chi connectivity index (χ3v) is 3.58. The monoisotopic (exact) mass is 248 g/mol. The van der Waals surface area contributed by atoms with Gasteiger partial charge in [0.1, 0.15) is 0 Å². The van der Waals surface area contributed by atoms with E-state index in [1.165, 1.54) is 20.0 Å². The lowest BCUT2D eigenvalue weighted by Gasteiger charge is -2.27. The van der Waals surface area contributed by atoms with Gasteiger partial charge in [0.2, 0.25) is 0 Å². The van der Waals surface area contributed by atoms with E-state index in [-0.39, 0.29) is 5.97 Å². The number of carbonyl (C=O) groups excluding carboxylic acids is 1. The van der Waals surface area contributed by atoms with E-state index in [9.17, 15) is 4.79 Å². The van der Waals surface area contributed by atoms with Gasteiger partial charge >= 0.3 is 5.97 Å². The van der Waals surface area contributed by atoms with Gasteiger partial charge < -0.3 is 15.4 Å². The van der Waals surface area contributed by atoms with Gasteiger partial charge in [0.25, 0.3) is 0 Å². The molecule has 0 amide bonds. The molecule has 1 aliphatic rings. The van der Waals surface area contributed by atoms with E-state index in [2.05, 4.69) is 11.8 Å². The van der Waals surface area contributed by atoms with Gasteiger partial charge in [-0.1, -0.05) is 6.92 Å². The van der Waals surface area contributed by atoms with Crippen LogP contribution in [0, 0.1) is 0 Å². The fraction of sp³-hybridized carbons (Fsp3) is 0.500. The summed E-state index contributed by atoms with van der Waals surface area (Å²) < 4.78 is 4.84. The van der Waals surface area contributed by atoms with Gasteiger partial charge in [-0.15, -0.1) is 0 Å². The number of ether oxygens (including phenoxy) is 1. The molecule has 0 aromatic heterocycles. The summed E-state index contributed by atoms with van der Waals surface area (Å²) in [4.78, 5) is 14.1. The predicted molar refractivity (Wildman–Crippen MR) is 72.9 cm³/mol. The fourth-order valence-electron chi connectivity index (χ4n) is 2.65. The van der Waals surface area contributed by atoms with E-state index < -0.39 is 0 Å². The number of rotatable bonds is 3. The predicted octanol–water partition coefficient (Wildman–Crippen LogP) is 2.43. The number of carbonyl (C=O) groups is 1. The van der Waals surface area contributed by atoms with Gasteiger partial charge in [0.15, 0.2) is 0 Å². The molecule has 1 aromatic carbocycles. The van der Waals surface area contributed by atoms with E-state index >= 15 is 0 Å². The second kappa shape index (κ2) is 5.29. The van der Waals surface area contributed by atoms with Crippen molar-refractivity contribution >= 4 is 17.3 Å². The van der Waals surface area contributed by atoms with Crippen molar-refractivity contribution in [1.82, 2.24) is 0 Å². The van der Waals surface area contributed by atoms with Crippen LogP contribution >= 0.6 is 0 Å². The van der Waals surface area contributed by atoms with Gasteiger partial charge in [0.05, 0.1) is 18.4 Å². The Morgan fingerprint density at radius 3 is 3.00 bits per heavy atom. The minimum absolute atomic E-state index is 0.320. The van der Waals surface area contributed by atoms with Crippen molar-refractivity contribution in [1.29, 1.82) is 0 Å². The zero-order chi connectivity index (χ0) is 13.1. The quantitative estimate of drug-likeness (QED) is 0.659. The lowest BCUT2D eigenvalue weighted by Crippen LogP contribution is -2.30. The number of hydrogen-bond donors (Lipinski definition) is 1. The fourth-order valence-corrected chi connectivity index (χ4v) is 2.65. The topological polar surface area (TPSA) is 55.6 Å². The second-order valence-electron chi connectivity index (χ2n) is 4.67. The highest BCUT2D eigenvalue weighted by atomic mass is 16.5. The molecule has 4 nitrogen and oxygen atoms in total. The summed E-state index contributed by atoms with van der Waals surface area (Å²) in [5.74, 6) is -0.320. The first kappa shape index (κ1) is 12.7. The first-order chi connectivity index (χ1) is 8.67. The highest BCUT2D eigenvalue weighted by molar-refractivity contribution is 5.97. The molecule has 4 heteroatoms. The van der Waals surface area contributed by atoms with Gasteiger partial charge in [-0.05, 0) is 37.5 Å². The van der Waals surface area contributed by atoms with Crippen LogP contribution in [0.4, 0.5) is 11.4 Å². The Morgan fingerprint density at radius 2 is 2.33 bits per heavy atom. The molecule has 0 saturated carbocycles. The number of esters is 1. The van der Waals surface area contributed by atoms with Gasteiger partial charge in [-0.3, -0.25) is 0 Å². The lowest BCUT2D eigenvalue weighted by atomic mass is 10.1. The Labute approximate surface area is 108 Å². The molecule has 1 heterocycles. The second-order valence-corrected chi connectivity index (χ2v) is 4.67. The number of hydrogen-bond acceptors (Lipinski definition) is 4. The maximum Gasteiger partial charge on any atom is 0.340 e. The number of nitrogens with zero attached hydrogens (tertiary/aromatic N) is 1. The molecule has 18 heavy (non-hydrogen) atoms. The Bertz CT molecular complexity index is 445. The SMILES string of the molecule is CCC1CCCN1c1ccc(N)cc1C(=O)OC. The summed E-state index contributed by atoms with van der Waals surface area (Å²) in [6.45, 7) is 3.17. The van der Waals surface area contributed by atoms with Crippen LogP contribution in [-0.4, -0.2) is 25.7 Å². The summed E-state index contributed by atoms with van der Waals surface area (Å²) in [5.41, 5.74) is 7.86. The molecule has 1 aliphatic heterocycles. The largest absolute Gasteiger partial charge is 0.465 e. The van der Waals surface area contributed by atoms with Crippen molar-refractivity contribution in [2.45, 2.75) is 32.2 Å². The minimum Gasteiger partial charge on any atom is -0.465 e. The lowest BCUT2D eigenvalue weighted by molar-refractivity contribution is 0.0601. The highest BCUT2D eigenvalue weighted by Gasteiger charge is 2.26. The molecule has 1 atom stereocenters. The number of nitrogen functional groups attached to an aromatic ring is 1. The zero-order valence-corrected chi connectivity index (χ0v) is 11.0. The van der Waals surface area contributed by atoms with E-state index in [1.807, 2.05) is 12.1 Å². The average Bonchev–Trinajstić information content (AvgIpc) is 2.85. The summed E-state index contributed by atoms with van der Waals surface area (Å²) in [6.07, 6.45) is 3.44. The summed E-state index contributed by atoms with van der Waals surface area (Å²) in [5, 5.41) is 0. The smallest absolute Gasteiger partial charge is 0.340 e. The van der Waals surface area contributed by atoms with Crippen molar-refractivity contribution in [2.75, 3.05) is 24.3 Å². The van der Waals surface area contributed by atoms with Crippen molar-refractivity contribution in [3.05, 3.63) is 23.8 Å². The van der Waals surface area contributed by atoms with Crippen molar-refractivity contribution < 1.29 is 9.53 Å². The molecule has 0 aliphatic carbocycles. The van der Waals surface area contributed by atoms with Crippen molar-refractivity contribution in [3.8, 4) is 0 Å². The highest BCUT2D eigenvalue weighted by Crippen LogP contribution is 2.31. The van der Waals surface area contributed by atoms with Crippen LogP contribution in [0.1, 0.15) is 36.5 Å². The number of benzene rings is 1. The Kier molecular flexibility index (Phi) is 3.75. The van der Waals surface area contributed by atoms with Crippen molar-refractivity contribution in [2.24, 2.45) is 0 Å². The van der Waals surface area contributed by atoms with Gasteiger partial charge in [-0.25, -0.2) is 4.79 Å². The minimum atomic E-state index is -0.320. The van der Waals surface area contributed by atoms with Crippen LogP contribution in [0.25, 0.3) is 0 Å². The van der Waals surface area contributed by atoms with E-state index in [1.54, 1.807) is 6.07 Å². The standard InChI is InChI=1S/C14H20N2O2/c1-3-11-5-4-8-16(11)13-7-6-10(15)9-12(13)14(17)18-2/h6-7,9,11H,3-5,8,15H2,1-2H3. The van der Waals surface area contributed by atoms with Crippen LogP contribution in [0.2, 0.25) is 0 Å². The van der Waals surface area contributed by atoms with Crippen LogP contribution in [0.15, 0.2) is 18.2 Å². The Hall–Kier alpha value is -1.71. The average molecular weight is 248 g/mol. The van der Waals surface area contributed by atoms with E-state index in [0.717, 1.165) is 18.7 Å². The molecular weight excluding hydrogens is 228 g/mol.